The van der Waals surface area contributed by atoms with Gasteiger partial charge in [0.1, 0.15) is 6.23 Å². The van der Waals surface area contributed by atoms with Gasteiger partial charge < -0.3 is 23.8 Å². The van der Waals surface area contributed by atoms with Crippen molar-refractivity contribution < 1.29 is 82.9 Å². The molecule has 0 spiro atoms. The molecule has 0 aromatic carbocycles. The number of hydrogen-bond acceptors (Lipinski definition) is 7. The standard InChI is InChI=1S/C10H15N2O7P.2Na/c1-6-3-12(10(14)11-9(6)13)8-2-7(4-18-8)19-5-20(15,16)17;;/h3,7-8H,2,4-5H2,1H3,(H,11,13,14)(H2,15,16,17);;/q;2*+1/p-2. The predicted octanol–water partition coefficient (Wildman–Crippen LogP) is -7.97. The van der Waals surface area contributed by atoms with Crippen LogP contribution in [0.3, 0.4) is 0 Å². The number of aromatic amines is 1. The van der Waals surface area contributed by atoms with Crippen molar-refractivity contribution in [2.45, 2.75) is 25.7 Å². The summed E-state index contributed by atoms with van der Waals surface area (Å²) < 4.78 is 21.9. The largest absolute Gasteiger partial charge is 1.00 e. The summed E-state index contributed by atoms with van der Waals surface area (Å²) in [7, 11) is -4.73. The maximum Gasteiger partial charge on any atom is 1.00 e. The van der Waals surface area contributed by atoms with Crippen LogP contribution in [0.2, 0.25) is 0 Å². The van der Waals surface area contributed by atoms with Crippen LogP contribution in [0.15, 0.2) is 15.8 Å². The van der Waals surface area contributed by atoms with Crippen LogP contribution >= 0.6 is 7.60 Å². The Kier molecular flexibility index (Phi) is 9.61. The molecule has 1 aliphatic heterocycles. The van der Waals surface area contributed by atoms with Crippen LogP contribution in [-0.4, -0.2) is 28.6 Å². The second-order valence-corrected chi connectivity index (χ2v) is 6.01. The molecule has 22 heavy (non-hydrogen) atoms. The molecular weight excluding hydrogens is 337 g/mol. The molecule has 12 heteroatoms. The SMILES string of the molecule is Cc1cn(C2CC(OCP(=O)([O-])[O-])CO2)c(=O)[nH]c1=O.[Na+].[Na+]. The molecule has 2 unspecified atom stereocenters. The van der Waals surface area contributed by atoms with Gasteiger partial charge in [-0.25, -0.2) is 4.79 Å². The van der Waals surface area contributed by atoms with Gasteiger partial charge in [-0.3, -0.25) is 14.3 Å². The van der Waals surface area contributed by atoms with Crippen LogP contribution in [-0.2, 0) is 14.0 Å². The number of hydrogen-bond donors (Lipinski definition) is 1. The molecule has 9 nitrogen and oxygen atoms in total. The van der Waals surface area contributed by atoms with Gasteiger partial charge >= 0.3 is 64.8 Å². The molecule has 1 saturated heterocycles. The first-order chi connectivity index (χ1) is 9.26. The summed E-state index contributed by atoms with van der Waals surface area (Å²) in [6.07, 6.45) is -0.588. The predicted molar refractivity (Wildman–Crippen MR) is 63.0 cm³/mol. The number of ether oxygens (including phenoxy) is 2. The fraction of sp³-hybridized carbons (Fsp3) is 0.600. The van der Waals surface area contributed by atoms with E-state index in [2.05, 4.69) is 4.98 Å². The molecule has 0 bridgehead atoms. The van der Waals surface area contributed by atoms with Gasteiger partial charge in [0, 0.05) is 18.2 Å². The molecule has 2 rings (SSSR count). The first-order valence-corrected chi connectivity index (χ1v) is 7.55. The maximum atomic E-state index is 11.6. The fourth-order valence-corrected chi connectivity index (χ4v) is 2.28. The Labute approximate surface area is 170 Å². The number of nitrogens with one attached hydrogen (secondary N) is 1. The van der Waals surface area contributed by atoms with E-state index in [9.17, 15) is 23.9 Å². The summed E-state index contributed by atoms with van der Waals surface area (Å²) in [4.78, 5) is 46.0. The third-order valence-electron chi connectivity index (χ3n) is 2.86. The number of H-pyrrole nitrogens is 1. The zero-order valence-corrected chi connectivity index (χ0v) is 17.5. The van der Waals surface area contributed by atoms with Crippen molar-refractivity contribution in [3.05, 3.63) is 32.6 Å². The first kappa shape index (κ1) is 22.8. The van der Waals surface area contributed by atoms with Crippen LogP contribution in [0.4, 0.5) is 0 Å². The van der Waals surface area contributed by atoms with Gasteiger partial charge in [0.25, 0.3) is 5.56 Å². The van der Waals surface area contributed by atoms with E-state index in [4.69, 9.17) is 9.47 Å². The summed E-state index contributed by atoms with van der Waals surface area (Å²) in [5.74, 6) is 0. The average Bonchev–Trinajstić information content (AvgIpc) is 2.79. The molecule has 1 N–H and O–H groups in total. The van der Waals surface area contributed by atoms with Crippen molar-refractivity contribution >= 4 is 7.60 Å². The molecule has 0 radical (unpaired) electrons. The second kappa shape index (κ2) is 9.29. The molecule has 2 atom stereocenters. The van der Waals surface area contributed by atoms with Gasteiger partial charge in [0.05, 0.1) is 19.1 Å². The van der Waals surface area contributed by atoms with Gasteiger partial charge in [0.2, 0.25) is 0 Å². The molecule has 0 amide bonds. The summed E-state index contributed by atoms with van der Waals surface area (Å²) in [5, 5.41) is 0. The Morgan fingerprint density at radius 2 is 2.09 bits per heavy atom. The van der Waals surface area contributed by atoms with E-state index in [1.165, 1.54) is 10.8 Å². The van der Waals surface area contributed by atoms with Crippen molar-refractivity contribution in [3.8, 4) is 0 Å². The molecule has 1 aromatic rings. The van der Waals surface area contributed by atoms with E-state index in [-0.39, 0.29) is 72.1 Å². The van der Waals surface area contributed by atoms with Gasteiger partial charge in [-0.2, -0.15) is 0 Å². The van der Waals surface area contributed by atoms with Crippen molar-refractivity contribution in [2.75, 3.05) is 13.0 Å². The minimum atomic E-state index is -4.73. The minimum absolute atomic E-state index is 0. The van der Waals surface area contributed by atoms with E-state index in [0.717, 1.165) is 0 Å². The van der Waals surface area contributed by atoms with E-state index >= 15 is 0 Å². The molecule has 1 fully saturated rings. The van der Waals surface area contributed by atoms with Gasteiger partial charge in [0.15, 0.2) is 0 Å². The molecule has 0 saturated carbocycles. The average molecular weight is 350 g/mol. The van der Waals surface area contributed by atoms with Crippen LogP contribution in [0.5, 0.6) is 0 Å². The first-order valence-electron chi connectivity index (χ1n) is 5.82. The summed E-state index contributed by atoms with van der Waals surface area (Å²) in [5.41, 5.74) is -0.749. The van der Waals surface area contributed by atoms with E-state index in [1.54, 1.807) is 6.92 Å². The molecule has 112 valence electrons. The Balaban J connectivity index is 0.00000220. The molecule has 0 aliphatic carbocycles. The topological polar surface area (TPSA) is 137 Å². The van der Waals surface area contributed by atoms with Crippen LogP contribution in [0.25, 0.3) is 0 Å². The third kappa shape index (κ3) is 6.33. The quantitative estimate of drug-likeness (QED) is 0.421. The summed E-state index contributed by atoms with van der Waals surface area (Å²) in [6.45, 7) is 1.61. The Morgan fingerprint density at radius 3 is 2.68 bits per heavy atom. The Morgan fingerprint density at radius 1 is 1.45 bits per heavy atom. The number of nitrogens with zero attached hydrogens (tertiary/aromatic N) is 1. The van der Waals surface area contributed by atoms with Crippen LogP contribution < -0.4 is 80.2 Å². The Hall–Kier alpha value is 0.750. The van der Waals surface area contributed by atoms with Crippen molar-refractivity contribution in [3.63, 3.8) is 0 Å². The molecule has 1 aromatic heterocycles. The van der Waals surface area contributed by atoms with Gasteiger partial charge in [-0.1, -0.05) is 0 Å². The summed E-state index contributed by atoms with van der Waals surface area (Å²) in [6, 6.07) is 0. The monoisotopic (exact) mass is 350 g/mol. The fourth-order valence-electron chi connectivity index (χ4n) is 1.89. The maximum absolute atomic E-state index is 11.6. The van der Waals surface area contributed by atoms with Crippen LogP contribution in [0, 0.1) is 6.92 Å². The van der Waals surface area contributed by atoms with E-state index in [1.807, 2.05) is 0 Å². The number of aryl methyl sites for hydroxylation is 1. The van der Waals surface area contributed by atoms with Gasteiger partial charge in [-0.15, -0.1) is 0 Å². The molecule has 2 heterocycles. The van der Waals surface area contributed by atoms with E-state index in [0.29, 0.717) is 5.56 Å². The summed E-state index contributed by atoms with van der Waals surface area (Å²) >= 11 is 0. The smallest absolute Gasteiger partial charge is 0.809 e. The van der Waals surface area contributed by atoms with Crippen molar-refractivity contribution in [1.82, 2.24) is 9.55 Å². The zero-order chi connectivity index (χ0) is 14.9. The molecular formula is C10H13N2Na2O7P. The number of aromatic nitrogens is 2. The molecule has 1 aliphatic rings. The Bertz CT molecular complexity index is 655. The van der Waals surface area contributed by atoms with Crippen molar-refractivity contribution in [1.29, 1.82) is 0 Å². The third-order valence-corrected chi connectivity index (χ3v) is 3.33. The van der Waals surface area contributed by atoms with Crippen molar-refractivity contribution in [2.24, 2.45) is 0 Å². The normalized spacial score (nSPS) is 21.0. The number of rotatable bonds is 4. The zero-order valence-electron chi connectivity index (χ0n) is 12.6. The minimum Gasteiger partial charge on any atom is -0.809 e. The second-order valence-electron chi connectivity index (χ2n) is 4.53. The van der Waals surface area contributed by atoms with Gasteiger partial charge in [-0.05, 0) is 14.5 Å². The van der Waals surface area contributed by atoms with Crippen LogP contribution in [0.1, 0.15) is 18.2 Å². The van der Waals surface area contributed by atoms with E-state index < -0.39 is 37.5 Å².